The van der Waals surface area contributed by atoms with Crippen molar-refractivity contribution in [3.63, 3.8) is 0 Å². The van der Waals surface area contributed by atoms with E-state index >= 15 is 0 Å². The van der Waals surface area contributed by atoms with Crippen LogP contribution in [0.25, 0.3) is 0 Å². The van der Waals surface area contributed by atoms with Gasteiger partial charge in [-0.05, 0) is 31.9 Å². The topological polar surface area (TPSA) is 61.4 Å². The third-order valence-corrected chi connectivity index (χ3v) is 3.44. The van der Waals surface area contributed by atoms with Gasteiger partial charge in [-0.15, -0.1) is 0 Å². The Balaban J connectivity index is 1.88. The molecule has 0 spiro atoms. The van der Waals surface area contributed by atoms with Crippen LogP contribution < -0.4 is 15.5 Å². The minimum Gasteiger partial charge on any atom is -0.362 e. The van der Waals surface area contributed by atoms with Crippen LogP contribution in [0.1, 0.15) is 19.4 Å². The third-order valence-electron chi connectivity index (χ3n) is 3.44. The van der Waals surface area contributed by atoms with Gasteiger partial charge >= 0.3 is 0 Å². The van der Waals surface area contributed by atoms with Crippen molar-refractivity contribution in [3.8, 4) is 0 Å². The Labute approximate surface area is 119 Å². The summed E-state index contributed by atoms with van der Waals surface area (Å²) < 4.78 is 0. The average molecular weight is 275 g/mol. The van der Waals surface area contributed by atoms with Crippen molar-refractivity contribution >= 4 is 17.5 Å². The number of carbonyl (C=O) groups is 2. The van der Waals surface area contributed by atoms with Gasteiger partial charge in [-0.1, -0.05) is 18.2 Å². The minimum atomic E-state index is -0.500. The second kappa shape index (κ2) is 6.41. The number of para-hydroxylation sites is 1. The molecular weight excluding hydrogens is 254 g/mol. The number of rotatable bonds is 5. The van der Waals surface area contributed by atoms with Gasteiger partial charge in [0.25, 0.3) is 0 Å². The Kier molecular flexibility index (Phi) is 4.61. The van der Waals surface area contributed by atoms with E-state index in [0.29, 0.717) is 13.1 Å². The van der Waals surface area contributed by atoms with Crippen molar-refractivity contribution in [3.05, 3.63) is 29.8 Å². The van der Waals surface area contributed by atoms with Crippen LogP contribution in [0.15, 0.2) is 24.3 Å². The maximum atomic E-state index is 12.0. The molecule has 1 atom stereocenters. The number of hydrogen-bond donors (Lipinski definition) is 2. The predicted molar refractivity (Wildman–Crippen MR) is 78.6 cm³/mol. The first kappa shape index (κ1) is 14.4. The summed E-state index contributed by atoms with van der Waals surface area (Å²) in [4.78, 5) is 25.6. The number of hydrogen-bond acceptors (Lipinski definition) is 3. The normalized spacial score (nSPS) is 14.6. The molecule has 0 aromatic heterocycles. The molecule has 2 N–H and O–H groups in total. The summed E-state index contributed by atoms with van der Waals surface area (Å²) in [7, 11) is 0. The van der Waals surface area contributed by atoms with E-state index in [-0.39, 0.29) is 11.8 Å². The van der Waals surface area contributed by atoms with Crippen molar-refractivity contribution in [2.45, 2.75) is 26.3 Å². The summed E-state index contributed by atoms with van der Waals surface area (Å²) in [5, 5.41) is 5.42. The molecule has 2 amide bonds. The molecule has 20 heavy (non-hydrogen) atoms. The Morgan fingerprint density at radius 2 is 2.10 bits per heavy atom. The number of amides is 2. The first-order valence-corrected chi connectivity index (χ1v) is 7.01. The summed E-state index contributed by atoms with van der Waals surface area (Å²) in [5.41, 5.74) is 2.39. The lowest BCUT2D eigenvalue weighted by atomic mass is 10.2. The van der Waals surface area contributed by atoms with Gasteiger partial charge in [-0.2, -0.15) is 0 Å². The van der Waals surface area contributed by atoms with E-state index in [0.717, 1.165) is 18.7 Å². The lowest BCUT2D eigenvalue weighted by Crippen LogP contribution is -2.47. The Hall–Kier alpha value is -2.04. The minimum absolute atomic E-state index is 0.125. The molecule has 0 fully saturated rings. The molecule has 5 nitrogen and oxygen atoms in total. The molecule has 108 valence electrons. The first-order chi connectivity index (χ1) is 9.61. The lowest BCUT2D eigenvalue weighted by molar-refractivity contribution is -0.127. The zero-order valence-electron chi connectivity index (χ0n) is 12.0. The monoisotopic (exact) mass is 275 g/mol. The number of likely N-dealkylation sites (N-methyl/N-ethyl adjacent to an activating group) is 1. The number of fused-ring (bicyclic) bond motifs is 1. The molecular formula is C15H21N3O2. The van der Waals surface area contributed by atoms with Crippen LogP contribution in [-0.2, 0) is 16.0 Å². The van der Waals surface area contributed by atoms with E-state index < -0.39 is 6.04 Å². The second-order valence-electron chi connectivity index (χ2n) is 4.98. The first-order valence-electron chi connectivity index (χ1n) is 7.01. The van der Waals surface area contributed by atoms with Crippen LogP contribution in [0.4, 0.5) is 5.69 Å². The highest BCUT2D eigenvalue weighted by molar-refractivity contribution is 5.89. The maximum Gasteiger partial charge on any atom is 0.242 e. The van der Waals surface area contributed by atoms with E-state index in [1.165, 1.54) is 5.56 Å². The van der Waals surface area contributed by atoms with Crippen LogP contribution in [-0.4, -0.2) is 37.5 Å². The standard InChI is InChI=1S/C15H21N3O2/c1-3-16-15(20)11(2)17-14(19)10-18-9-8-12-6-4-5-7-13(12)18/h4-7,11H,3,8-10H2,1-2H3,(H,16,20)(H,17,19)/t11-/m0/s1. The van der Waals surface area contributed by atoms with Crippen molar-refractivity contribution < 1.29 is 9.59 Å². The fraction of sp³-hybridized carbons (Fsp3) is 0.467. The van der Waals surface area contributed by atoms with Crippen molar-refractivity contribution in [2.24, 2.45) is 0 Å². The number of carbonyl (C=O) groups excluding carboxylic acids is 2. The Bertz CT molecular complexity index is 502. The van der Waals surface area contributed by atoms with Gasteiger partial charge in [0, 0.05) is 18.8 Å². The van der Waals surface area contributed by atoms with E-state index in [1.807, 2.05) is 25.1 Å². The van der Waals surface area contributed by atoms with Gasteiger partial charge in [0.1, 0.15) is 6.04 Å². The van der Waals surface area contributed by atoms with Crippen LogP contribution in [0.3, 0.4) is 0 Å². The van der Waals surface area contributed by atoms with E-state index in [2.05, 4.69) is 21.6 Å². The van der Waals surface area contributed by atoms with Crippen molar-refractivity contribution in [1.82, 2.24) is 10.6 Å². The molecule has 1 aliphatic rings. The fourth-order valence-electron chi connectivity index (χ4n) is 2.42. The maximum absolute atomic E-state index is 12.0. The Morgan fingerprint density at radius 1 is 1.35 bits per heavy atom. The molecule has 0 aliphatic carbocycles. The molecule has 2 rings (SSSR count). The molecule has 0 bridgehead atoms. The molecule has 0 saturated carbocycles. The van der Waals surface area contributed by atoms with Gasteiger partial charge in [-0.25, -0.2) is 0 Å². The molecule has 0 saturated heterocycles. The fourth-order valence-corrected chi connectivity index (χ4v) is 2.42. The molecule has 1 heterocycles. The van der Waals surface area contributed by atoms with Gasteiger partial charge in [0.2, 0.25) is 11.8 Å². The quantitative estimate of drug-likeness (QED) is 0.831. The predicted octanol–water partition coefficient (Wildman–Crippen LogP) is 0.690. The molecule has 1 aromatic carbocycles. The van der Waals surface area contributed by atoms with Gasteiger partial charge in [-0.3, -0.25) is 9.59 Å². The molecule has 1 aromatic rings. The summed E-state index contributed by atoms with van der Waals surface area (Å²) in [6.45, 7) is 5.26. The van der Waals surface area contributed by atoms with E-state index in [9.17, 15) is 9.59 Å². The van der Waals surface area contributed by atoms with Crippen LogP contribution in [0, 0.1) is 0 Å². The second-order valence-corrected chi connectivity index (χ2v) is 4.98. The molecule has 5 heteroatoms. The lowest BCUT2D eigenvalue weighted by Gasteiger charge is -2.20. The number of anilines is 1. The summed E-state index contributed by atoms with van der Waals surface area (Å²) in [6, 6.07) is 7.61. The largest absolute Gasteiger partial charge is 0.362 e. The number of nitrogens with one attached hydrogen (secondary N) is 2. The average Bonchev–Trinajstić information content (AvgIpc) is 2.82. The van der Waals surface area contributed by atoms with Crippen LogP contribution in [0.2, 0.25) is 0 Å². The number of benzene rings is 1. The zero-order chi connectivity index (χ0) is 14.5. The molecule has 1 aliphatic heterocycles. The summed E-state index contributed by atoms with van der Waals surface area (Å²) in [6.07, 6.45) is 0.968. The smallest absolute Gasteiger partial charge is 0.242 e. The van der Waals surface area contributed by atoms with Crippen LogP contribution in [0.5, 0.6) is 0 Å². The number of nitrogens with zero attached hydrogens (tertiary/aromatic N) is 1. The van der Waals surface area contributed by atoms with E-state index in [4.69, 9.17) is 0 Å². The van der Waals surface area contributed by atoms with E-state index in [1.54, 1.807) is 6.92 Å². The third kappa shape index (κ3) is 3.29. The van der Waals surface area contributed by atoms with Gasteiger partial charge in [0.15, 0.2) is 0 Å². The van der Waals surface area contributed by atoms with Crippen molar-refractivity contribution in [2.75, 3.05) is 24.5 Å². The van der Waals surface area contributed by atoms with Crippen molar-refractivity contribution in [1.29, 1.82) is 0 Å². The Morgan fingerprint density at radius 3 is 2.85 bits per heavy atom. The molecule has 0 unspecified atom stereocenters. The zero-order valence-corrected chi connectivity index (χ0v) is 12.0. The summed E-state index contributed by atoms with van der Waals surface area (Å²) >= 11 is 0. The highest BCUT2D eigenvalue weighted by Crippen LogP contribution is 2.26. The van der Waals surface area contributed by atoms with Gasteiger partial charge in [0.05, 0.1) is 6.54 Å². The summed E-state index contributed by atoms with van der Waals surface area (Å²) in [5.74, 6) is -0.275. The SMILES string of the molecule is CCNC(=O)[C@H](C)NC(=O)CN1CCc2ccccc21. The van der Waals surface area contributed by atoms with Gasteiger partial charge < -0.3 is 15.5 Å². The van der Waals surface area contributed by atoms with Crippen LogP contribution >= 0.6 is 0 Å². The molecule has 0 radical (unpaired) electrons. The highest BCUT2D eigenvalue weighted by atomic mass is 16.2. The highest BCUT2D eigenvalue weighted by Gasteiger charge is 2.22.